The lowest BCUT2D eigenvalue weighted by Crippen LogP contribution is -2.14. The van der Waals surface area contributed by atoms with Gasteiger partial charge >= 0.3 is 0 Å². The van der Waals surface area contributed by atoms with Gasteiger partial charge in [-0.1, -0.05) is 72.8 Å². The second-order valence-electron chi connectivity index (χ2n) is 7.33. The highest BCUT2D eigenvalue weighted by molar-refractivity contribution is 5.60. The molecule has 2 aromatic heterocycles. The third-order valence-electron chi connectivity index (χ3n) is 5.03. The van der Waals surface area contributed by atoms with Gasteiger partial charge in [0.25, 0.3) is 11.3 Å². The van der Waals surface area contributed by atoms with Crippen molar-refractivity contribution < 1.29 is 4.74 Å². The van der Waals surface area contributed by atoms with Crippen LogP contribution in [0.25, 0.3) is 17.0 Å². The third-order valence-corrected chi connectivity index (χ3v) is 5.03. The van der Waals surface area contributed by atoms with Gasteiger partial charge < -0.3 is 10.1 Å². The summed E-state index contributed by atoms with van der Waals surface area (Å²) in [5.74, 6) is 1.61. The fraction of sp³-hybridized carbons (Fsp3) is 0.0800. The highest BCUT2D eigenvalue weighted by Crippen LogP contribution is 2.17. The molecule has 0 fully saturated rings. The SMILES string of the molecule is O=c1cc(-c2ccccc2)nc2nc(NCc3ccc(OCc4ccccc4)cc3)[nH]n12. The van der Waals surface area contributed by atoms with Crippen LogP contribution in [-0.2, 0) is 13.2 Å². The van der Waals surface area contributed by atoms with Crippen LogP contribution in [0.15, 0.2) is 95.8 Å². The number of H-pyrrole nitrogens is 1. The molecule has 7 nitrogen and oxygen atoms in total. The summed E-state index contributed by atoms with van der Waals surface area (Å²) in [6.45, 7) is 1.07. The Kier molecular flexibility index (Phi) is 5.36. The van der Waals surface area contributed by atoms with Crippen LogP contribution >= 0.6 is 0 Å². The van der Waals surface area contributed by atoms with Crippen LogP contribution in [0, 0.1) is 0 Å². The van der Waals surface area contributed by atoms with Crippen molar-refractivity contribution in [2.45, 2.75) is 13.2 Å². The van der Waals surface area contributed by atoms with E-state index in [4.69, 9.17) is 4.74 Å². The Labute approximate surface area is 184 Å². The second kappa shape index (κ2) is 8.77. The molecule has 0 spiro atoms. The van der Waals surface area contributed by atoms with Crippen molar-refractivity contribution in [1.29, 1.82) is 0 Å². The molecular formula is C25H21N5O2. The number of hydrogen-bond acceptors (Lipinski definition) is 5. The van der Waals surface area contributed by atoms with Gasteiger partial charge in [-0.3, -0.25) is 9.89 Å². The van der Waals surface area contributed by atoms with E-state index in [0.29, 0.717) is 30.6 Å². The fourth-order valence-electron chi connectivity index (χ4n) is 3.35. The molecule has 0 radical (unpaired) electrons. The molecule has 2 heterocycles. The Hall–Kier alpha value is -4.39. The summed E-state index contributed by atoms with van der Waals surface area (Å²) >= 11 is 0. The summed E-state index contributed by atoms with van der Waals surface area (Å²) in [5, 5.41) is 6.16. The first kappa shape index (κ1) is 19.6. The van der Waals surface area contributed by atoms with E-state index in [0.717, 1.165) is 22.4 Å². The minimum atomic E-state index is -0.214. The first-order valence-electron chi connectivity index (χ1n) is 10.3. The molecule has 0 aliphatic carbocycles. The molecular weight excluding hydrogens is 402 g/mol. The molecule has 2 N–H and O–H groups in total. The summed E-state index contributed by atoms with van der Waals surface area (Å²) in [6, 6.07) is 29.0. The average Bonchev–Trinajstić information content (AvgIpc) is 3.27. The molecule has 158 valence electrons. The van der Waals surface area contributed by atoms with E-state index in [9.17, 15) is 4.79 Å². The Bertz CT molecular complexity index is 1380. The number of aromatic nitrogens is 4. The minimum absolute atomic E-state index is 0.214. The lowest BCUT2D eigenvalue weighted by atomic mass is 10.1. The number of nitrogens with zero attached hydrogens (tertiary/aromatic N) is 3. The number of ether oxygens (including phenoxy) is 1. The molecule has 0 saturated carbocycles. The number of benzene rings is 3. The molecule has 0 aliphatic rings. The summed E-state index contributed by atoms with van der Waals surface area (Å²) in [7, 11) is 0. The van der Waals surface area contributed by atoms with Crippen molar-refractivity contribution in [3.05, 3.63) is 112 Å². The molecule has 7 heteroatoms. The lowest BCUT2D eigenvalue weighted by Gasteiger charge is -2.08. The van der Waals surface area contributed by atoms with Crippen molar-refractivity contribution in [3.63, 3.8) is 0 Å². The molecule has 0 bridgehead atoms. The molecule has 3 aromatic carbocycles. The van der Waals surface area contributed by atoms with E-state index in [1.807, 2.05) is 84.9 Å². The molecule has 32 heavy (non-hydrogen) atoms. The van der Waals surface area contributed by atoms with Gasteiger partial charge in [0.2, 0.25) is 5.95 Å². The normalized spacial score (nSPS) is 10.9. The maximum Gasteiger partial charge on any atom is 0.274 e. The Morgan fingerprint density at radius 1 is 0.844 bits per heavy atom. The van der Waals surface area contributed by atoms with Crippen LogP contribution in [-0.4, -0.2) is 19.6 Å². The van der Waals surface area contributed by atoms with Gasteiger partial charge in [0.05, 0.1) is 5.69 Å². The average molecular weight is 423 g/mol. The molecule has 5 rings (SSSR count). The fourth-order valence-corrected chi connectivity index (χ4v) is 3.35. The van der Waals surface area contributed by atoms with Crippen LogP contribution in [0.1, 0.15) is 11.1 Å². The van der Waals surface area contributed by atoms with Crippen LogP contribution in [0.4, 0.5) is 5.95 Å². The highest BCUT2D eigenvalue weighted by Gasteiger charge is 2.09. The molecule has 5 aromatic rings. The van der Waals surface area contributed by atoms with Gasteiger partial charge in [0.15, 0.2) is 0 Å². The maximum absolute atomic E-state index is 12.5. The van der Waals surface area contributed by atoms with Crippen molar-refractivity contribution in [1.82, 2.24) is 19.6 Å². The van der Waals surface area contributed by atoms with E-state index < -0.39 is 0 Å². The molecule has 0 amide bonds. The second-order valence-corrected chi connectivity index (χ2v) is 7.33. The first-order valence-corrected chi connectivity index (χ1v) is 10.3. The predicted molar refractivity (Wildman–Crippen MR) is 124 cm³/mol. The maximum atomic E-state index is 12.5. The summed E-state index contributed by atoms with van der Waals surface area (Å²) < 4.78 is 7.15. The molecule has 0 atom stereocenters. The smallest absolute Gasteiger partial charge is 0.274 e. The topological polar surface area (TPSA) is 84.3 Å². The van der Waals surface area contributed by atoms with Crippen molar-refractivity contribution in [3.8, 4) is 17.0 Å². The van der Waals surface area contributed by atoms with E-state index in [-0.39, 0.29) is 5.56 Å². The van der Waals surface area contributed by atoms with Crippen molar-refractivity contribution in [2.24, 2.45) is 0 Å². The van der Waals surface area contributed by atoms with Crippen molar-refractivity contribution >= 4 is 11.7 Å². The minimum Gasteiger partial charge on any atom is -0.489 e. The van der Waals surface area contributed by atoms with Crippen LogP contribution in [0.5, 0.6) is 5.75 Å². The van der Waals surface area contributed by atoms with Crippen molar-refractivity contribution in [2.75, 3.05) is 5.32 Å². The number of hydrogen-bond donors (Lipinski definition) is 2. The van der Waals surface area contributed by atoms with Gasteiger partial charge in [0, 0.05) is 18.2 Å². The Morgan fingerprint density at radius 3 is 2.31 bits per heavy atom. The van der Waals surface area contributed by atoms with Gasteiger partial charge in [-0.25, -0.2) is 4.98 Å². The third kappa shape index (κ3) is 4.37. The summed E-state index contributed by atoms with van der Waals surface area (Å²) in [6.07, 6.45) is 0. The number of anilines is 1. The number of nitrogens with one attached hydrogen (secondary N) is 2. The number of aromatic amines is 1. The number of fused-ring (bicyclic) bond motifs is 1. The van der Waals surface area contributed by atoms with Crippen LogP contribution in [0.2, 0.25) is 0 Å². The zero-order chi connectivity index (χ0) is 21.8. The Morgan fingerprint density at radius 2 is 1.56 bits per heavy atom. The van der Waals surface area contributed by atoms with Gasteiger partial charge in [-0.2, -0.15) is 9.50 Å². The van der Waals surface area contributed by atoms with Gasteiger partial charge in [-0.05, 0) is 23.3 Å². The molecule has 0 unspecified atom stereocenters. The molecule has 0 saturated heterocycles. The zero-order valence-corrected chi connectivity index (χ0v) is 17.2. The lowest BCUT2D eigenvalue weighted by molar-refractivity contribution is 0.306. The standard InChI is InChI=1S/C25H21N5O2/c31-23-15-22(20-9-5-2-6-10-20)27-25-28-24(29-30(23)25)26-16-18-11-13-21(14-12-18)32-17-19-7-3-1-4-8-19/h1-15H,16-17H2,(H2,26,27,28,29). The van der Waals surface area contributed by atoms with Crippen LogP contribution in [0.3, 0.4) is 0 Å². The van der Waals surface area contributed by atoms with Gasteiger partial charge in [0.1, 0.15) is 12.4 Å². The Balaban J connectivity index is 1.25. The largest absolute Gasteiger partial charge is 0.489 e. The zero-order valence-electron chi connectivity index (χ0n) is 17.2. The van der Waals surface area contributed by atoms with Gasteiger partial charge in [-0.15, -0.1) is 0 Å². The summed E-state index contributed by atoms with van der Waals surface area (Å²) in [4.78, 5) is 21.4. The van der Waals surface area contributed by atoms with E-state index >= 15 is 0 Å². The number of rotatable bonds is 7. The quantitative estimate of drug-likeness (QED) is 0.408. The summed E-state index contributed by atoms with van der Waals surface area (Å²) in [5.41, 5.74) is 3.44. The van der Waals surface area contributed by atoms with E-state index in [1.54, 1.807) is 0 Å². The first-order chi connectivity index (χ1) is 15.7. The van der Waals surface area contributed by atoms with E-state index in [2.05, 4.69) is 20.4 Å². The monoisotopic (exact) mass is 423 g/mol. The predicted octanol–water partition coefficient (Wildman–Crippen LogP) is 4.28. The van der Waals surface area contributed by atoms with Crippen LogP contribution < -0.4 is 15.6 Å². The molecule has 0 aliphatic heterocycles. The highest BCUT2D eigenvalue weighted by atomic mass is 16.5. The van der Waals surface area contributed by atoms with E-state index in [1.165, 1.54) is 10.6 Å².